The normalized spacial score (nSPS) is 13.6. The summed E-state index contributed by atoms with van der Waals surface area (Å²) in [7, 11) is 0. The van der Waals surface area contributed by atoms with Gasteiger partial charge in [0.05, 0.1) is 6.61 Å². The Labute approximate surface area is 81.5 Å². The van der Waals surface area contributed by atoms with Gasteiger partial charge < -0.3 is 15.2 Å². The molecule has 0 aliphatic rings. The van der Waals surface area contributed by atoms with Crippen molar-refractivity contribution in [2.45, 2.75) is 33.2 Å². The van der Waals surface area contributed by atoms with Crippen LogP contribution in [-0.2, 0) is 4.74 Å². The van der Waals surface area contributed by atoms with E-state index in [1.807, 2.05) is 6.92 Å². The van der Waals surface area contributed by atoms with Gasteiger partial charge in [-0.2, -0.15) is 0 Å². The second kappa shape index (κ2) is 8.48. The standard InChI is InChI=1S/C10H23NO2/c1-4-13-8-6-11-10(5-7-12)9(2)3/h9-12H,4-8H2,1-3H3. The minimum absolute atomic E-state index is 0.254. The Bertz CT molecular complexity index is 107. The molecule has 0 fully saturated rings. The van der Waals surface area contributed by atoms with Gasteiger partial charge in [0.1, 0.15) is 0 Å². The van der Waals surface area contributed by atoms with Crippen LogP contribution in [0.1, 0.15) is 27.2 Å². The van der Waals surface area contributed by atoms with Gasteiger partial charge >= 0.3 is 0 Å². The largest absolute Gasteiger partial charge is 0.396 e. The molecule has 0 bridgehead atoms. The Morgan fingerprint density at radius 2 is 2.08 bits per heavy atom. The monoisotopic (exact) mass is 189 g/mol. The third-order valence-electron chi connectivity index (χ3n) is 2.10. The zero-order chi connectivity index (χ0) is 10.1. The minimum atomic E-state index is 0.254. The second-order valence-electron chi connectivity index (χ2n) is 3.51. The zero-order valence-electron chi connectivity index (χ0n) is 9.05. The smallest absolute Gasteiger partial charge is 0.0590 e. The van der Waals surface area contributed by atoms with Gasteiger partial charge in [-0.3, -0.25) is 0 Å². The average molecular weight is 189 g/mol. The van der Waals surface area contributed by atoms with E-state index in [-0.39, 0.29) is 6.61 Å². The zero-order valence-corrected chi connectivity index (χ0v) is 9.05. The molecule has 13 heavy (non-hydrogen) atoms. The van der Waals surface area contributed by atoms with Gasteiger partial charge in [0.25, 0.3) is 0 Å². The lowest BCUT2D eigenvalue weighted by atomic mass is 10.0. The predicted octanol–water partition coefficient (Wildman–Crippen LogP) is 1.02. The van der Waals surface area contributed by atoms with Crippen molar-refractivity contribution in [3.8, 4) is 0 Å². The molecule has 0 saturated carbocycles. The molecule has 3 nitrogen and oxygen atoms in total. The van der Waals surface area contributed by atoms with Gasteiger partial charge in [0.2, 0.25) is 0 Å². The average Bonchev–Trinajstić information content (AvgIpc) is 2.10. The number of hydrogen-bond acceptors (Lipinski definition) is 3. The Balaban J connectivity index is 3.45. The van der Waals surface area contributed by atoms with Crippen molar-refractivity contribution in [2.24, 2.45) is 5.92 Å². The first-order chi connectivity index (χ1) is 6.22. The molecule has 0 aliphatic heterocycles. The van der Waals surface area contributed by atoms with Gasteiger partial charge in [0.15, 0.2) is 0 Å². The molecule has 0 aromatic rings. The van der Waals surface area contributed by atoms with Gasteiger partial charge in [-0.25, -0.2) is 0 Å². The molecule has 1 atom stereocenters. The Morgan fingerprint density at radius 3 is 2.54 bits per heavy atom. The molecular weight excluding hydrogens is 166 g/mol. The molecule has 0 radical (unpaired) electrons. The fourth-order valence-corrected chi connectivity index (χ4v) is 1.27. The SMILES string of the molecule is CCOCCNC(CCO)C(C)C. The van der Waals surface area contributed by atoms with Crippen molar-refractivity contribution < 1.29 is 9.84 Å². The summed E-state index contributed by atoms with van der Waals surface area (Å²) < 4.78 is 5.22. The fourth-order valence-electron chi connectivity index (χ4n) is 1.27. The highest BCUT2D eigenvalue weighted by molar-refractivity contribution is 4.69. The lowest BCUT2D eigenvalue weighted by molar-refractivity contribution is 0.142. The van der Waals surface area contributed by atoms with E-state index in [0.717, 1.165) is 26.2 Å². The number of ether oxygens (including phenoxy) is 1. The number of aliphatic hydroxyl groups is 1. The van der Waals surface area contributed by atoms with E-state index in [1.54, 1.807) is 0 Å². The Kier molecular flexibility index (Phi) is 8.40. The van der Waals surface area contributed by atoms with E-state index in [2.05, 4.69) is 19.2 Å². The van der Waals surface area contributed by atoms with E-state index in [0.29, 0.717) is 12.0 Å². The molecule has 80 valence electrons. The van der Waals surface area contributed by atoms with Crippen molar-refractivity contribution in [1.29, 1.82) is 0 Å². The van der Waals surface area contributed by atoms with E-state index in [4.69, 9.17) is 9.84 Å². The molecule has 3 heteroatoms. The summed E-state index contributed by atoms with van der Waals surface area (Å²) in [4.78, 5) is 0. The third kappa shape index (κ3) is 6.99. The summed E-state index contributed by atoms with van der Waals surface area (Å²) in [5.74, 6) is 0.564. The van der Waals surface area contributed by atoms with Crippen LogP contribution in [0.25, 0.3) is 0 Å². The molecule has 1 unspecified atom stereocenters. The van der Waals surface area contributed by atoms with Gasteiger partial charge in [-0.05, 0) is 19.3 Å². The van der Waals surface area contributed by atoms with Gasteiger partial charge in [-0.15, -0.1) is 0 Å². The Morgan fingerprint density at radius 1 is 1.38 bits per heavy atom. The Hall–Kier alpha value is -0.120. The van der Waals surface area contributed by atoms with Crippen molar-refractivity contribution in [2.75, 3.05) is 26.4 Å². The highest BCUT2D eigenvalue weighted by Gasteiger charge is 2.10. The van der Waals surface area contributed by atoms with Crippen LogP contribution in [0.15, 0.2) is 0 Å². The maximum absolute atomic E-state index is 8.82. The van der Waals surface area contributed by atoms with Crippen LogP contribution in [0.5, 0.6) is 0 Å². The predicted molar refractivity (Wildman–Crippen MR) is 54.8 cm³/mol. The summed E-state index contributed by atoms with van der Waals surface area (Å²) in [6.07, 6.45) is 0.823. The van der Waals surface area contributed by atoms with Crippen molar-refractivity contribution >= 4 is 0 Å². The van der Waals surface area contributed by atoms with Crippen LogP contribution in [0.2, 0.25) is 0 Å². The molecular formula is C10H23NO2. The van der Waals surface area contributed by atoms with E-state index < -0.39 is 0 Å². The lowest BCUT2D eigenvalue weighted by Crippen LogP contribution is -2.36. The summed E-state index contributed by atoms with van der Waals surface area (Å²) in [5.41, 5.74) is 0. The van der Waals surface area contributed by atoms with Crippen LogP contribution < -0.4 is 5.32 Å². The summed E-state index contributed by atoms with van der Waals surface area (Å²) in [6, 6.07) is 0.408. The molecule has 0 rings (SSSR count). The molecule has 0 aromatic heterocycles. The number of aliphatic hydroxyl groups excluding tert-OH is 1. The molecule has 0 spiro atoms. The van der Waals surface area contributed by atoms with Crippen molar-refractivity contribution in [3.63, 3.8) is 0 Å². The molecule has 0 aliphatic carbocycles. The maximum Gasteiger partial charge on any atom is 0.0590 e. The second-order valence-corrected chi connectivity index (χ2v) is 3.51. The number of nitrogens with one attached hydrogen (secondary N) is 1. The van der Waals surface area contributed by atoms with Crippen LogP contribution in [0, 0.1) is 5.92 Å². The molecule has 0 saturated heterocycles. The molecule has 0 heterocycles. The fraction of sp³-hybridized carbons (Fsp3) is 1.00. The lowest BCUT2D eigenvalue weighted by Gasteiger charge is -2.21. The summed E-state index contributed by atoms with van der Waals surface area (Å²) in [5, 5.41) is 12.2. The highest BCUT2D eigenvalue weighted by atomic mass is 16.5. The molecule has 0 amide bonds. The van der Waals surface area contributed by atoms with Crippen molar-refractivity contribution in [1.82, 2.24) is 5.32 Å². The van der Waals surface area contributed by atoms with Crippen LogP contribution in [-0.4, -0.2) is 37.5 Å². The van der Waals surface area contributed by atoms with Gasteiger partial charge in [0, 0.05) is 25.8 Å². The van der Waals surface area contributed by atoms with Crippen molar-refractivity contribution in [3.05, 3.63) is 0 Å². The quantitative estimate of drug-likeness (QED) is 0.560. The third-order valence-corrected chi connectivity index (χ3v) is 2.10. The van der Waals surface area contributed by atoms with Gasteiger partial charge in [-0.1, -0.05) is 13.8 Å². The number of hydrogen-bond donors (Lipinski definition) is 2. The van der Waals surface area contributed by atoms with Crippen LogP contribution in [0.3, 0.4) is 0 Å². The van der Waals surface area contributed by atoms with E-state index in [9.17, 15) is 0 Å². The van der Waals surface area contributed by atoms with E-state index in [1.165, 1.54) is 0 Å². The van der Waals surface area contributed by atoms with Crippen LogP contribution >= 0.6 is 0 Å². The maximum atomic E-state index is 8.82. The first kappa shape index (κ1) is 12.9. The number of rotatable bonds is 8. The highest BCUT2D eigenvalue weighted by Crippen LogP contribution is 2.04. The first-order valence-electron chi connectivity index (χ1n) is 5.14. The minimum Gasteiger partial charge on any atom is -0.396 e. The molecule has 2 N–H and O–H groups in total. The summed E-state index contributed by atoms with van der Waals surface area (Å²) >= 11 is 0. The summed E-state index contributed by atoms with van der Waals surface area (Å²) in [6.45, 7) is 8.97. The molecule has 0 aromatic carbocycles. The van der Waals surface area contributed by atoms with E-state index >= 15 is 0 Å². The van der Waals surface area contributed by atoms with Crippen LogP contribution in [0.4, 0.5) is 0 Å². The topological polar surface area (TPSA) is 41.5 Å². The first-order valence-corrected chi connectivity index (χ1v) is 5.14.